The van der Waals surface area contributed by atoms with E-state index in [-0.39, 0.29) is 18.7 Å². The van der Waals surface area contributed by atoms with Crippen LogP contribution in [-0.4, -0.2) is 48.2 Å². The molecule has 1 aromatic heterocycles. The molecule has 0 aliphatic carbocycles. The second-order valence-corrected chi connectivity index (χ2v) is 5.88. The molecular weight excluding hydrogens is 324 g/mol. The normalized spacial score (nSPS) is 16.6. The number of piperidine rings is 1. The highest BCUT2D eigenvalue weighted by atomic mass is 79.9. The summed E-state index contributed by atoms with van der Waals surface area (Å²) >= 11 is 3.37. The zero-order valence-corrected chi connectivity index (χ0v) is 13.3. The summed E-state index contributed by atoms with van der Waals surface area (Å²) in [6.07, 6.45) is 3.94. The lowest BCUT2D eigenvalue weighted by atomic mass is 9.96. The molecule has 0 bridgehead atoms. The van der Waals surface area contributed by atoms with Gasteiger partial charge < -0.3 is 15.3 Å². The topological polar surface area (TPSA) is 70.4 Å². The molecule has 2 rings (SSSR count). The second kappa shape index (κ2) is 7.19. The number of aromatic nitrogens is 2. The number of rotatable bonds is 5. The van der Waals surface area contributed by atoms with E-state index in [1.54, 1.807) is 6.20 Å². The van der Waals surface area contributed by atoms with E-state index in [1.807, 2.05) is 7.05 Å². The van der Waals surface area contributed by atoms with Crippen LogP contribution >= 0.6 is 15.9 Å². The predicted octanol–water partition coefficient (Wildman–Crippen LogP) is 0.434. The van der Waals surface area contributed by atoms with Gasteiger partial charge in [0.2, 0.25) is 0 Å². The van der Waals surface area contributed by atoms with E-state index >= 15 is 0 Å². The summed E-state index contributed by atoms with van der Waals surface area (Å²) in [7, 11) is 1.98. The average Bonchev–Trinajstić information content (AvgIpc) is 2.46. The smallest absolute Gasteiger partial charge is 0.283 e. The van der Waals surface area contributed by atoms with Crippen molar-refractivity contribution in [3.05, 3.63) is 21.0 Å². The number of nitrogens with zero attached hydrogens (tertiary/aromatic N) is 3. The molecule has 2 heterocycles. The van der Waals surface area contributed by atoms with Gasteiger partial charge in [-0.25, -0.2) is 4.68 Å². The van der Waals surface area contributed by atoms with Gasteiger partial charge in [0.15, 0.2) is 0 Å². The molecule has 0 saturated carbocycles. The Morgan fingerprint density at radius 2 is 2.20 bits per heavy atom. The first kappa shape index (κ1) is 15.5. The van der Waals surface area contributed by atoms with E-state index in [9.17, 15) is 4.79 Å². The molecule has 0 spiro atoms. The third-order valence-corrected chi connectivity index (χ3v) is 4.47. The maximum atomic E-state index is 12.1. The van der Waals surface area contributed by atoms with Crippen LogP contribution < -0.4 is 15.8 Å². The quantitative estimate of drug-likeness (QED) is 0.810. The number of nitrogens with one attached hydrogen (secondary N) is 1. The standard InChI is InChI=1S/C13H21BrN4O2/c1-15-8-10-2-4-17(5-3-10)11-9-16-18(6-7-19)13(20)12(11)14/h9-10,15,19H,2-8H2,1H3. The molecule has 1 aliphatic heterocycles. The minimum absolute atomic E-state index is 0.0892. The molecular formula is C13H21BrN4O2. The Hall–Kier alpha value is -0.920. The van der Waals surface area contributed by atoms with Crippen molar-refractivity contribution in [2.75, 3.05) is 38.2 Å². The van der Waals surface area contributed by atoms with Gasteiger partial charge in [-0.1, -0.05) is 0 Å². The molecule has 1 aromatic rings. The molecule has 0 radical (unpaired) electrons. The molecule has 0 unspecified atom stereocenters. The van der Waals surface area contributed by atoms with E-state index in [4.69, 9.17) is 5.11 Å². The molecule has 7 heteroatoms. The van der Waals surface area contributed by atoms with Gasteiger partial charge in [-0.15, -0.1) is 0 Å². The van der Waals surface area contributed by atoms with Crippen LogP contribution in [0.1, 0.15) is 12.8 Å². The summed E-state index contributed by atoms with van der Waals surface area (Å²) < 4.78 is 1.81. The third kappa shape index (κ3) is 3.39. The molecule has 112 valence electrons. The van der Waals surface area contributed by atoms with Crippen molar-refractivity contribution in [3.8, 4) is 0 Å². The van der Waals surface area contributed by atoms with Crippen LogP contribution in [0.2, 0.25) is 0 Å². The zero-order chi connectivity index (χ0) is 14.5. The monoisotopic (exact) mass is 344 g/mol. The van der Waals surface area contributed by atoms with Crippen molar-refractivity contribution in [1.82, 2.24) is 15.1 Å². The summed E-state index contributed by atoms with van der Waals surface area (Å²) in [5, 5.41) is 16.2. The minimum Gasteiger partial charge on any atom is -0.394 e. The summed E-state index contributed by atoms with van der Waals surface area (Å²) in [5.74, 6) is 0.706. The molecule has 2 N–H and O–H groups in total. The molecule has 6 nitrogen and oxygen atoms in total. The minimum atomic E-state index is -0.186. The highest BCUT2D eigenvalue weighted by Crippen LogP contribution is 2.26. The van der Waals surface area contributed by atoms with E-state index in [2.05, 4.69) is 31.2 Å². The highest BCUT2D eigenvalue weighted by Gasteiger charge is 2.22. The summed E-state index contributed by atoms with van der Waals surface area (Å²) in [5.41, 5.74) is 0.668. The lowest BCUT2D eigenvalue weighted by Crippen LogP contribution is -2.38. The largest absolute Gasteiger partial charge is 0.394 e. The van der Waals surface area contributed by atoms with Crippen LogP contribution in [-0.2, 0) is 6.54 Å². The maximum absolute atomic E-state index is 12.1. The second-order valence-electron chi connectivity index (χ2n) is 5.08. The fourth-order valence-electron chi connectivity index (χ4n) is 2.60. The Morgan fingerprint density at radius 3 is 2.80 bits per heavy atom. The van der Waals surface area contributed by atoms with Crippen LogP contribution in [0.4, 0.5) is 5.69 Å². The van der Waals surface area contributed by atoms with Gasteiger partial charge >= 0.3 is 0 Å². The fraction of sp³-hybridized carbons (Fsp3) is 0.692. The maximum Gasteiger partial charge on any atom is 0.283 e. The predicted molar refractivity (Wildman–Crippen MR) is 82.1 cm³/mol. The Balaban J connectivity index is 2.11. The van der Waals surface area contributed by atoms with Gasteiger partial charge in [0.1, 0.15) is 4.47 Å². The van der Waals surface area contributed by atoms with Crippen molar-refractivity contribution in [3.63, 3.8) is 0 Å². The first-order chi connectivity index (χ1) is 9.67. The summed E-state index contributed by atoms with van der Waals surface area (Å²) in [6, 6.07) is 0. The van der Waals surface area contributed by atoms with E-state index in [0.29, 0.717) is 10.4 Å². The van der Waals surface area contributed by atoms with Gasteiger partial charge in [0, 0.05) is 13.1 Å². The Labute approximate surface area is 126 Å². The lowest BCUT2D eigenvalue weighted by Gasteiger charge is -2.33. The van der Waals surface area contributed by atoms with E-state index < -0.39 is 0 Å². The number of aliphatic hydroxyl groups is 1. The summed E-state index contributed by atoms with van der Waals surface area (Å²) in [4.78, 5) is 14.3. The van der Waals surface area contributed by atoms with Crippen LogP contribution in [0.25, 0.3) is 0 Å². The van der Waals surface area contributed by atoms with E-state index in [1.165, 1.54) is 4.68 Å². The van der Waals surface area contributed by atoms with Gasteiger partial charge in [-0.2, -0.15) is 5.10 Å². The number of halogens is 1. The molecule has 1 saturated heterocycles. The number of hydrogen-bond acceptors (Lipinski definition) is 5. The van der Waals surface area contributed by atoms with Crippen LogP contribution in [0, 0.1) is 5.92 Å². The molecule has 0 atom stereocenters. The average molecular weight is 345 g/mol. The number of hydrogen-bond donors (Lipinski definition) is 2. The molecule has 1 fully saturated rings. The summed E-state index contributed by atoms with van der Waals surface area (Å²) in [6.45, 7) is 3.06. The molecule has 1 aliphatic rings. The van der Waals surface area contributed by atoms with Gasteiger partial charge in [0.25, 0.3) is 5.56 Å². The van der Waals surface area contributed by atoms with Crippen molar-refractivity contribution < 1.29 is 5.11 Å². The number of anilines is 1. The van der Waals surface area contributed by atoms with Crippen LogP contribution in [0.15, 0.2) is 15.5 Å². The van der Waals surface area contributed by atoms with Crippen LogP contribution in [0.3, 0.4) is 0 Å². The van der Waals surface area contributed by atoms with Crippen LogP contribution in [0.5, 0.6) is 0 Å². The van der Waals surface area contributed by atoms with Crippen molar-refractivity contribution in [2.45, 2.75) is 19.4 Å². The number of aliphatic hydroxyl groups excluding tert-OH is 1. The van der Waals surface area contributed by atoms with Gasteiger partial charge in [-0.3, -0.25) is 4.79 Å². The molecule has 20 heavy (non-hydrogen) atoms. The van der Waals surface area contributed by atoms with E-state index in [0.717, 1.165) is 38.2 Å². The Kier molecular flexibility index (Phi) is 5.56. The van der Waals surface area contributed by atoms with Crippen molar-refractivity contribution in [2.24, 2.45) is 5.92 Å². The molecule has 0 aromatic carbocycles. The SMILES string of the molecule is CNCC1CCN(c2cnn(CCO)c(=O)c2Br)CC1. The Morgan fingerprint density at radius 1 is 1.50 bits per heavy atom. The lowest BCUT2D eigenvalue weighted by molar-refractivity contribution is 0.266. The molecule has 0 amide bonds. The fourth-order valence-corrected chi connectivity index (χ4v) is 3.16. The van der Waals surface area contributed by atoms with Crippen molar-refractivity contribution in [1.29, 1.82) is 0 Å². The van der Waals surface area contributed by atoms with Gasteiger partial charge in [0.05, 0.1) is 25.0 Å². The van der Waals surface area contributed by atoms with Crippen molar-refractivity contribution >= 4 is 21.6 Å². The Bertz CT molecular complexity index is 498. The highest BCUT2D eigenvalue weighted by molar-refractivity contribution is 9.10. The first-order valence-corrected chi connectivity index (χ1v) is 7.72. The van der Waals surface area contributed by atoms with Gasteiger partial charge in [-0.05, 0) is 48.3 Å². The zero-order valence-electron chi connectivity index (χ0n) is 11.7. The third-order valence-electron chi connectivity index (χ3n) is 3.73. The first-order valence-electron chi connectivity index (χ1n) is 6.93.